The lowest BCUT2D eigenvalue weighted by atomic mass is 10.2. The van der Waals surface area contributed by atoms with E-state index < -0.39 is 6.17 Å². The quantitative estimate of drug-likeness (QED) is 0.561. The molecule has 0 unspecified atom stereocenters. The van der Waals surface area contributed by atoms with Gasteiger partial charge in [-0.05, 0) is 17.7 Å². The molecule has 0 atom stereocenters. The normalized spacial score (nSPS) is 9.57. The number of hydrogen-bond acceptors (Lipinski definition) is 2. The lowest BCUT2D eigenvalue weighted by Crippen LogP contribution is -2.32. The van der Waals surface area contributed by atoms with Crippen LogP contribution < -0.4 is 10.6 Å². The van der Waals surface area contributed by atoms with Crippen LogP contribution in [0.5, 0.6) is 0 Å². The van der Waals surface area contributed by atoms with Crippen molar-refractivity contribution in [1.29, 1.82) is 0 Å². The van der Waals surface area contributed by atoms with Gasteiger partial charge in [0, 0.05) is 5.02 Å². The van der Waals surface area contributed by atoms with Crippen molar-refractivity contribution in [1.82, 2.24) is 10.6 Å². The zero-order valence-corrected chi connectivity index (χ0v) is 7.99. The zero-order valence-electron chi connectivity index (χ0n) is 7.24. The van der Waals surface area contributed by atoms with Crippen molar-refractivity contribution in [2.75, 3.05) is 0 Å². The summed E-state index contributed by atoms with van der Waals surface area (Å²) in [6, 6.07) is 6.87. The number of halogens is 1. The molecule has 0 saturated carbocycles. The molecule has 0 aliphatic rings. The summed E-state index contributed by atoms with van der Waals surface area (Å²) in [5.41, 5.74) is 0.719. The summed E-state index contributed by atoms with van der Waals surface area (Å²) in [5.74, 6) is 0. The molecule has 1 aromatic carbocycles. The van der Waals surface area contributed by atoms with E-state index in [-0.39, 0.29) is 0 Å². The molecule has 14 heavy (non-hydrogen) atoms. The number of carbonyl (C=O) groups excluding carboxylic acids is 2. The van der Waals surface area contributed by atoms with Crippen LogP contribution in [-0.2, 0) is 9.59 Å². The maximum atomic E-state index is 10.2. The van der Waals surface area contributed by atoms with Gasteiger partial charge in [0.15, 0.2) is 0 Å². The Morgan fingerprint density at radius 2 is 1.86 bits per heavy atom. The monoisotopic (exact) mass is 212 g/mol. The Bertz CT molecular complexity index is 320. The van der Waals surface area contributed by atoms with Crippen LogP contribution in [0, 0.1) is 0 Å². The molecule has 0 fully saturated rings. The second kappa shape index (κ2) is 5.24. The first-order valence-corrected chi connectivity index (χ1v) is 4.30. The molecule has 0 spiro atoms. The second-order valence-electron chi connectivity index (χ2n) is 2.56. The highest BCUT2D eigenvalue weighted by molar-refractivity contribution is 6.30. The number of benzene rings is 1. The van der Waals surface area contributed by atoms with Gasteiger partial charge in [-0.15, -0.1) is 0 Å². The minimum Gasteiger partial charge on any atom is -0.335 e. The molecule has 0 saturated heterocycles. The number of hydrogen-bond donors (Lipinski definition) is 2. The molecular formula is C9H9ClN2O2. The van der Waals surface area contributed by atoms with Crippen LogP contribution in [0.4, 0.5) is 0 Å². The number of nitrogens with one attached hydrogen (secondary N) is 2. The Labute approximate surface area is 86.3 Å². The summed E-state index contributed by atoms with van der Waals surface area (Å²) in [6.07, 6.45) is 0.494. The SMILES string of the molecule is O=CNC(NC=O)c1cccc(Cl)c1. The second-order valence-corrected chi connectivity index (χ2v) is 2.99. The number of carbonyl (C=O) groups is 2. The van der Waals surface area contributed by atoms with Crippen LogP contribution in [0.25, 0.3) is 0 Å². The Morgan fingerprint density at radius 3 is 2.36 bits per heavy atom. The van der Waals surface area contributed by atoms with Gasteiger partial charge in [0.1, 0.15) is 6.17 Å². The highest BCUT2D eigenvalue weighted by Gasteiger charge is 2.08. The fraction of sp³-hybridized carbons (Fsp3) is 0.111. The lowest BCUT2D eigenvalue weighted by Gasteiger charge is -2.15. The van der Waals surface area contributed by atoms with Crippen LogP contribution >= 0.6 is 11.6 Å². The maximum Gasteiger partial charge on any atom is 0.208 e. The third-order valence-corrected chi connectivity index (χ3v) is 1.89. The Morgan fingerprint density at radius 1 is 1.21 bits per heavy atom. The summed E-state index contributed by atoms with van der Waals surface area (Å²) >= 11 is 5.76. The first-order chi connectivity index (χ1) is 6.77. The molecule has 74 valence electrons. The van der Waals surface area contributed by atoms with E-state index in [1.165, 1.54) is 0 Å². The van der Waals surface area contributed by atoms with Crippen molar-refractivity contribution >= 4 is 24.4 Å². The molecule has 0 aliphatic heterocycles. The van der Waals surface area contributed by atoms with Crippen LogP contribution in [-0.4, -0.2) is 12.8 Å². The van der Waals surface area contributed by atoms with Crippen molar-refractivity contribution in [3.8, 4) is 0 Å². The fourth-order valence-corrected chi connectivity index (χ4v) is 1.26. The predicted octanol–water partition coefficient (Wildman–Crippen LogP) is 0.831. The number of amides is 2. The van der Waals surface area contributed by atoms with Gasteiger partial charge in [0.25, 0.3) is 0 Å². The Hall–Kier alpha value is -1.55. The van der Waals surface area contributed by atoms with Gasteiger partial charge >= 0.3 is 0 Å². The standard InChI is InChI=1S/C9H9ClN2O2/c10-8-3-1-2-7(4-8)9(11-5-13)12-6-14/h1-6,9H,(H,11,13)(H,12,14). The molecule has 2 amide bonds. The molecule has 5 heteroatoms. The lowest BCUT2D eigenvalue weighted by molar-refractivity contribution is -0.112. The minimum atomic E-state index is -0.538. The van der Waals surface area contributed by atoms with E-state index >= 15 is 0 Å². The maximum absolute atomic E-state index is 10.2. The third-order valence-electron chi connectivity index (χ3n) is 1.65. The van der Waals surface area contributed by atoms with Gasteiger partial charge in [-0.1, -0.05) is 23.7 Å². The molecule has 0 aliphatic carbocycles. The molecule has 2 N–H and O–H groups in total. The summed E-state index contributed by atoms with van der Waals surface area (Å²) in [4.78, 5) is 20.5. The molecular weight excluding hydrogens is 204 g/mol. The zero-order chi connectivity index (χ0) is 10.4. The Kier molecular flexibility index (Phi) is 3.94. The molecule has 4 nitrogen and oxygen atoms in total. The highest BCUT2D eigenvalue weighted by atomic mass is 35.5. The van der Waals surface area contributed by atoms with Crippen molar-refractivity contribution in [2.45, 2.75) is 6.17 Å². The van der Waals surface area contributed by atoms with Gasteiger partial charge < -0.3 is 10.6 Å². The third kappa shape index (κ3) is 2.74. The van der Waals surface area contributed by atoms with Gasteiger partial charge in [-0.2, -0.15) is 0 Å². The molecule has 0 radical (unpaired) electrons. The van der Waals surface area contributed by atoms with Gasteiger partial charge in [-0.3, -0.25) is 9.59 Å². The van der Waals surface area contributed by atoms with E-state index in [0.717, 1.165) is 5.56 Å². The van der Waals surface area contributed by atoms with E-state index in [2.05, 4.69) is 10.6 Å². The van der Waals surface area contributed by atoms with E-state index in [4.69, 9.17) is 11.6 Å². The van der Waals surface area contributed by atoms with Gasteiger partial charge in [-0.25, -0.2) is 0 Å². The smallest absolute Gasteiger partial charge is 0.208 e. The largest absolute Gasteiger partial charge is 0.335 e. The summed E-state index contributed by atoms with van der Waals surface area (Å²) in [7, 11) is 0. The summed E-state index contributed by atoms with van der Waals surface area (Å²) in [6.45, 7) is 0. The molecule has 0 aromatic heterocycles. The molecule has 1 rings (SSSR count). The van der Waals surface area contributed by atoms with E-state index in [0.29, 0.717) is 17.8 Å². The van der Waals surface area contributed by atoms with Crippen molar-refractivity contribution in [3.63, 3.8) is 0 Å². The fourth-order valence-electron chi connectivity index (χ4n) is 1.06. The van der Waals surface area contributed by atoms with Crippen molar-refractivity contribution in [3.05, 3.63) is 34.9 Å². The molecule has 0 heterocycles. The van der Waals surface area contributed by atoms with Crippen LogP contribution in [0.3, 0.4) is 0 Å². The summed E-state index contributed by atoms with van der Waals surface area (Å²) < 4.78 is 0. The first kappa shape index (κ1) is 10.5. The van der Waals surface area contributed by atoms with Crippen LogP contribution in [0.15, 0.2) is 24.3 Å². The van der Waals surface area contributed by atoms with Crippen molar-refractivity contribution < 1.29 is 9.59 Å². The number of rotatable bonds is 5. The van der Waals surface area contributed by atoms with Crippen LogP contribution in [0.2, 0.25) is 5.02 Å². The summed E-state index contributed by atoms with van der Waals surface area (Å²) in [5, 5.41) is 5.44. The van der Waals surface area contributed by atoms with E-state index in [1.54, 1.807) is 24.3 Å². The minimum absolute atomic E-state index is 0.516. The highest BCUT2D eigenvalue weighted by Crippen LogP contribution is 2.15. The molecule has 0 bridgehead atoms. The predicted molar refractivity (Wildman–Crippen MR) is 52.6 cm³/mol. The Balaban J connectivity index is 2.85. The molecule has 1 aromatic rings. The van der Waals surface area contributed by atoms with E-state index in [1.807, 2.05) is 0 Å². The van der Waals surface area contributed by atoms with Gasteiger partial charge in [0.05, 0.1) is 0 Å². The van der Waals surface area contributed by atoms with E-state index in [9.17, 15) is 9.59 Å². The van der Waals surface area contributed by atoms with Crippen molar-refractivity contribution in [2.24, 2.45) is 0 Å². The first-order valence-electron chi connectivity index (χ1n) is 3.93. The average Bonchev–Trinajstić information content (AvgIpc) is 2.17. The van der Waals surface area contributed by atoms with Gasteiger partial charge in [0.2, 0.25) is 12.8 Å². The average molecular weight is 213 g/mol. The topological polar surface area (TPSA) is 58.2 Å². The van der Waals surface area contributed by atoms with Crippen LogP contribution in [0.1, 0.15) is 11.7 Å².